The van der Waals surface area contributed by atoms with Gasteiger partial charge in [0.25, 0.3) is 0 Å². The molecular formula is C15H18N2O2S. The third kappa shape index (κ3) is 1.80. The molecule has 5 unspecified atom stereocenters. The van der Waals surface area contributed by atoms with Gasteiger partial charge in [0.2, 0.25) is 5.91 Å². The van der Waals surface area contributed by atoms with E-state index < -0.39 is 0 Å². The van der Waals surface area contributed by atoms with Gasteiger partial charge in [-0.2, -0.15) is 0 Å². The van der Waals surface area contributed by atoms with Crippen LogP contribution >= 0.6 is 11.8 Å². The minimum Gasteiger partial charge on any atom is -0.376 e. The molecule has 1 aromatic rings. The molecule has 2 aliphatic heterocycles. The number of carbonyl (C=O) groups is 1. The lowest BCUT2D eigenvalue weighted by Gasteiger charge is -2.45. The van der Waals surface area contributed by atoms with Gasteiger partial charge >= 0.3 is 0 Å². The van der Waals surface area contributed by atoms with Crippen LogP contribution in [0.2, 0.25) is 0 Å². The van der Waals surface area contributed by atoms with Crippen molar-refractivity contribution in [2.45, 2.75) is 35.4 Å². The molecule has 0 radical (unpaired) electrons. The zero-order valence-electron chi connectivity index (χ0n) is 11.1. The zero-order chi connectivity index (χ0) is 13.7. The lowest BCUT2D eigenvalue weighted by Crippen LogP contribution is -2.69. The predicted octanol–water partition coefficient (Wildman–Crippen LogP) is 1.11. The topological polar surface area (TPSA) is 64.3 Å². The first-order valence-corrected chi connectivity index (χ1v) is 8.13. The van der Waals surface area contributed by atoms with Gasteiger partial charge in [-0.25, -0.2) is 0 Å². The highest BCUT2D eigenvalue weighted by Crippen LogP contribution is 2.41. The molecule has 4 nitrogen and oxygen atoms in total. The number of nitrogens with one attached hydrogen (secondary N) is 1. The lowest BCUT2D eigenvalue weighted by molar-refractivity contribution is -0.126. The standard InChI is InChI=1S/C15H18N2O2S/c16-12-9-5-6-19-14(9)13(12)17-15(18)10-7-20-11-4-2-1-3-8(10)11/h1-4,9-10,12-14H,5-7,16H2,(H,17,18). The summed E-state index contributed by atoms with van der Waals surface area (Å²) in [6, 6.07) is 8.19. The smallest absolute Gasteiger partial charge is 0.228 e. The van der Waals surface area contributed by atoms with E-state index >= 15 is 0 Å². The fraction of sp³-hybridized carbons (Fsp3) is 0.533. The second-order valence-corrected chi connectivity index (χ2v) is 6.86. The molecular weight excluding hydrogens is 272 g/mol. The third-order valence-corrected chi connectivity index (χ3v) is 5.95. The van der Waals surface area contributed by atoms with E-state index in [0.717, 1.165) is 24.3 Å². The quantitative estimate of drug-likeness (QED) is 0.856. The Morgan fingerprint density at radius 2 is 2.25 bits per heavy atom. The van der Waals surface area contributed by atoms with Gasteiger partial charge < -0.3 is 15.8 Å². The molecule has 1 aliphatic carbocycles. The van der Waals surface area contributed by atoms with E-state index in [1.165, 1.54) is 4.90 Å². The number of amides is 1. The Balaban J connectivity index is 1.47. The van der Waals surface area contributed by atoms with E-state index in [1.54, 1.807) is 11.8 Å². The van der Waals surface area contributed by atoms with Crippen molar-refractivity contribution in [1.29, 1.82) is 0 Å². The van der Waals surface area contributed by atoms with Gasteiger partial charge in [-0.1, -0.05) is 18.2 Å². The molecule has 1 saturated heterocycles. The van der Waals surface area contributed by atoms with Crippen molar-refractivity contribution in [3.05, 3.63) is 29.8 Å². The van der Waals surface area contributed by atoms with Crippen LogP contribution in [0, 0.1) is 5.92 Å². The first-order chi connectivity index (χ1) is 9.75. The van der Waals surface area contributed by atoms with Gasteiger partial charge in [-0.05, 0) is 18.1 Å². The van der Waals surface area contributed by atoms with Crippen LogP contribution < -0.4 is 11.1 Å². The SMILES string of the molecule is NC1C2CCOC2C1NC(=O)C1CSc2ccccc21. The molecule has 3 N–H and O–H groups in total. The minimum absolute atomic E-state index is 0.00670. The minimum atomic E-state index is -0.0520. The predicted molar refractivity (Wildman–Crippen MR) is 77.7 cm³/mol. The first kappa shape index (κ1) is 12.7. The number of benzene rings is 1. The van der Waals surface area contributed by atoms with Gasteiger partial charge in [-0.15, -0.1) is 11.8 Å². The number of hydrogen-bond donors (Lipinski definition) is 2. The average Bonchev–Trinajstić information content (AvgIpc) is 3.08. The molecule has 1 amide bonds. The fourth-order valence-corrected chi connectivity index (χ4v) is 4.80. The van der Waals surface area contributed by atoms with Crippen LogP contribution in [0.3, 0.4) is 0 Å². The Hall–Kier alpha value is -1.04. The molecule has 1 aromatic carbocycles. The Morgan fingerprint density at radius 3 is 3.15 bits per heavy atom. The zero-order valence-corrected chi connectivity index (χ0v) is 11.9. The molecule has 2 fully saturated rings. The number of thioether (sulfide) groups is 1. The summed E-state index contributed by atoms with van der Waals surface area (Å²) in [5, 5.41) is 3.12. The molecule has 5 atom stereocenters. The van der Waals surface area contributed by atoms with E-state index in [2.05, 4.69) is 17.4 Å². The van der Waals surface area contributed by atoms with E-state index in [-0.39, 0.29) is 30.0 Å². The summed E-state index contributed by atoms with van der Waals surface area (Å²) < 4.78 is 5.67. The fourth-order valence-electron chi connectivity index (χ4n) is 3.57. The second kappa shape index (κ2) is 4.76. The average molecular weight is 290 g/mol. The van der Waals surface area contributed by atoms with Crippen molar-refractivity contribution in [1.82, 2.24) is 5.32 Å². The largest absolute Gasteiger partial charge is 0.376 e. The molecule has 0 spiro atoms. The van der Waals surface area contributed by atoms with Gasteiger partial charge in [0.15, 0.2) is 0 Å². The molecule has 0 bridgehead atoms. The summed E-state index contributed by atoms with van der Waals surface area (Å²) in [6.07, 6.45) is 1.17. The van der Waals surface area contributed by atoms with Crippen LogP contribution in [0.4, 0.5) is 0 Å². The third-order valence-electron chi connectivity index (χ3n) is 4.77. The summed E-state index contributed by atoms with van der Waals surface area (Å²) in [5.41, 5.74) is 7.29. The van der Waals surface area contributed by atoms with Crippen molar-refractivity contribution in [3.63, 3.8) is 0 Å². The molecule has 3 aliphatic rings. The van der Waals surface area contributed by atoms with Gasteiger partial charge in [-0.3, -0.25) is 4.79 Å². The van der Waals surface area contributed by atoms with Crippen molar-refractivity contribution in [3.8, 4) is 0 Å². The maximum atomic E-state index is 12.5. The normalized spacial score (nSPS) is 38.0. The summed E-state index contributed by atoms with van der Waals surface area (Å²) >= 11 is 1.75. The monoisotopic (exact) mass is 290 g/mol. The Morgan fingerprint density at radius 1 is 1.40 bits per heavy atom. The molecule has 1 saturated carbocycles. The highest BCUT2D eigenvalue weighted by atomic mass is 32.2. The molecule has 0 aromatic heterocycles. The van der Waals surface area contributed by atoms with Crippen LogP contribution in [0.5, 0.6) is 0 Å². The van der Waals surface area contributed by atoms with Crippen molar-refractivity contribution in [2.24, 2.45) is 11.7 Å². The Bertz CT molecular complexity index is 550. The van der Waals surface area contributed by atoms with Crippen LogP contribution in [0.1, 0.15) is 17.9 Å². The van der Waals surface area contributed by atoms with Crippen LogP contribution in [0.25, 0.3) is 0 Å². The lowest BCUT2D eigenvalue weighted by atomic mass is 9.72. The highest BCUT2D eigenvalue weighted by molar-refractivity contribution is 7.99. The maximum Gasteiger partial charge on any atom is 0.228 e. The number of fused-ring (bicyclic) bond motifs is 2. The van der Waals surface area contributed by atoms with E-state index in [4.69, 9.17) is 10.5 Å². The number of ether oxygens (including phenoxy) is 1. The molecule has 20 heavy (non-hydrogen) atoms. The molecule has 5 heteroatoms. The van der Waals surface area contributed by atoms with E-state index in [1.807, 2.05) is 12.1 Å². The van der Waals surface area contributed by atoms with Gasteiger partial charge in [0, 0.05) is 29.2 Å². The van der Waals surface area contributed by atoms with Crippen LogP contribution in [-0.4, -0.2) is 36.5 Å². The Labute approximate surface area is 122 Å². The number of nitrogens with two attached hydrogens (primary N) is 1. The number of rotatable bonds is 2. The summed E-state index contributed by atoms with van der Waals surface area (Å²) in [4.78, 5) is 13.7. The Kier molecular flexibility index (Phi) is 3.02. The van der Waals surface area contributed by atoms with Gasteiger partial charge in [0.1, 0.15) is 0 Å². The summed E-state index contributed by atoms with van der Waals surface area (Å²) in [5.74, 6) is 1.30. The van der Waals surface area contributed by atoms with Crippen molar-refractivity contribution >= 4 is 17.7 Å². The maximum absolute atomic E-state index is 12.5. The van der Waals surface area contributed by atoms with Crippen LogP contribution in [-0.2, 0) is 9.53 Å². The highest BCUT2D eigenvalue weighted by Gasteiger charge is 2.53. The molecule has 4 rings (SSSR count). The van der Waals surface area contributed by atoms with Crippen molar-refractivity contribution < 1.29 is 9.53 Å². The molecule has 106 valence electrons. The summed E-state index contributed by atoms with van der Waals surface area (Å²) in [7, 11) is 0. The van der Waals surface area contributed by atoms with E-state index in [9.17, 15) is 4.79 Å². The van der Waals surface area contributed by atoms with E-state index in [0.29, 0.717) is 5.92 Å². The first-order valence-electron chi connectivity index (χ1n) is 7.15. The second-order valence-electron chi connectivity index (χ2n) is 5.80. The van der Waals surface area contributed by atoms with Crippen LogP contribution in [0.15, 0.2) is 29.2 Å². The summed E-state index contributed by atoms with van der Waals surface area (Å²) in [6.45, 7) is 0.775. The number of hydrogen-bond acceptors (Lipinski definition) is 4. The number of carbonyl (C=O) groups excluding carboxylic acids is 1. The van der Waals surface area contributed by atoms with Crippen molar-refractivity contribution in [2.75, 3.05) is 12.4 Å². The molecule has 2 heterocycles. The van der Waals surface area contributed by atoms with Gasteiger partial charge in [0.05, 0.1) is 18.1 Å².